The molecule has 0 unspecified atom stereocenters. The number of ketones is 1. The highest BCUT2D eigenvalue weighted by Gasteiger charge is 2.43. The van der Waals surface area contributed by atoms with Gasteiger partial charge in [-0.3, -0.25) is 14.4 Å². The minimum absolute atomic E-state index is 0.0462. The van der Waals surface area contributed by atoms with E-state index in [0.29, 0.717) is 5.56 Å². The van der Waals surface area contributed by atoms with E-state index in [9.17, 15) is 23.2 Å². The Morgan fingerprint density at radius 1 is 1.03 bits per heavy atom. The minimum atomic E-state index is -3.76. The molecule has 1 N–H and O–H groups in total. The van der Waals surface area contributed by atoms with Crippen LogP contribution in [-0.2, 0) is 14.3 Å². The predicted molar refractivity (Wildman–Crippen MR) is 104 cm³/mol. The first-order valence-corrected chi connectivity index (χ1v) is 10.0. The van der Waals surface area contributed by atoms with E-state index in [4.69, 9.17) is 4.74 Å². The topological polar surface area (TPSA) is 90.9 Å². The third-order valence-corrected chi connectivity index (χ3v) is 4.76. The molecule has 0 saturated heterocycles. The molecule has 1 aliphatic heterocycles. The second-order valence-corrected chi connectivity index (χ2v) is 7.07. The predicted octanol–water partition coefficient (Wildman–Crippen LogP) is 3.87. The quantitative estimate of drug-likeness (QED) is 0.381. The largest absolute Gasteiger partial charge is 0.586 e. The standard InChI is InChI=1S/C20H17F2NO6S/c1-30-14-5-2-12(3-6-14)15(24)7-9-19(26)27-11-18(25)23-13-4-8-16-17(10-13)29-20(21,22)28-16/h2-6,8,10H,7,9,11H2,1H3,(H,23,25). The number of Topliss-reactive ketones (excluding diaryl/α,β-unsaturated/α-hetero) is 1. The van der Waals surface area contributed by atoms with Crippen molar-refractivity contribution < 1.29 is 37.4 Å². The van der Waals surface area contributed by atoms with E-state index in [2.05, 4.69) is 14.8 Å². The minimum Gasteiger partial charge on any atom is -0.456 e. The number of anilines is 1. The van der Waals surface area contributed by atoms with Gasteiger partial charge >= 0.3 is 12.3 Å². The lowest BCUT2D eigenvalue weighted by atomic mass is 10.1. The van der Waals surface area contributed by atoms with Crippen molar-refractivity contribution in [3.63, 3.8) is 0 Å². The molecule has 10 heteroatoms. The van der Waals surface area contributed by atoms with Crippen molar-refractivity contribution in [2.75, 3.05) is 18.2 Å². The van der Waals surface area contributed by atoms with E-state index in [0.717, 1.165) is 11.0 Å². The van der Waals surface area contributed by atoms with Crippen LogP contribution in [0.4, 0.5) is 14.5 Å². The monoisotopic (exact) mass is 437 g/mol. The van der Waals surface area contributed by atoms with Crippen LogP contribution >= 0.6 is 11.8 Å². The zero-order valence-electron chi connectivity index (χ0n) is 15.8. The second-order valence-electron chi connectivity index (χ2n) is 6.19. The van der Waals surface area contributed by atoms with Crippen LogP contribution in [0.25, 0.3) is 0 Å². The molecule has 7 nitrogen and oxygen atoms in total. The van der Waals surface area contributed by atoms with Crippen molar-refractivity contribution in [2.45, 2.75) is 24.0 Å². The summed E-state index contributed by atoms with van der Waals surface area (Å²) in [6.07, 6.45) is -2.05. The van der Waals surface area contributed by atoms with Gasteiger partial charge in [0.15, 0.2) is 23.9 Å². The molecule has 3 rings (SSSR count). The number of carbonyl (C=O) groups is 3. The molecular formula is C20H17F2NO6S. The Morgan fingerprint density at radius 2 is 1.73 bits per heavy atom. The van der Waals surface area contributed by atoms with E-state index in [1.54, 1.807) is 23.9 Å². The van der Waals surface area contributed by atoms with Gasteiger partial charge < -0.3 is 19.5 Å². The summed E-state index contributed by atoms with van der Waals surface area (Å²) in [4.78, 5) is 36.8. The van der Waals surface area contributed by atoms with Crippen LogP contribution in [0.1, 0.15) is 23.2 Å². The molecule has 1 amide bonds. The van der Waals surface area contributed by atoms with Crippen molar-refractivity contribution in [1.29, 1.82) is 0 Å². The number of halogens is 2. The van der Waals surface area contributed by atoms with Gasteiger partial charge in [-0.05, 0) is 30.5 Å². The Hall–Kier alpha value is -3.14. The van der Waals surface area contributed by atoms with Crippen LogP contribution in [0.3, 0.4) is 0 Å². The molecule has 158 valence electrons. The van der Waals surface area contributed by atoms with Gasteiger partial charge in [0, 0.05) is 28.6 Å². The number of thioether (sulfide) groups is 1. The molecular weight excluding hydrogens is 420 g/mol. The molecule has 0 radical (unpaired) electrons. The van der Waals surface area contributed by atoms with Gasteiger partial charge in [0.2, 0.25) is 0 Å². The zero-order valence-corrected chi connectivity index (χ0v) is 16.6. The molecule has 0 bridgehead atoms. The molecule has 2 aromatic rings. The molecule has 0 saturated carbocycles. The maximum absolute atomic E-state index is 13.0. The summed E-state index contributed by atoms with van der Waals surface area (Å²) in [5.41, 5.74) is 0.659. The molecule has 30 heavy (non-hydrogen) atoms. The number of alkyl halides is 2. The molecule has 0 fully saturated rings. The summed E-state index contributed by atoms with van der Waals surface area (Å²) in [6, 6.07) is 10.7. The van der Waals surface area contributed by atoms with Crippen molar-refractivity contribution in [3.05, 3.63) is 48.0 Å². The van der Waals surface area contributed by atoms with Gasteiger partial charge in [-0.15, -0.1) is 20.5 Å². The number of amides is 1. The first-order valence-electron chi connectivity index (χ1n) is 8.78. The number of carbonyl (C=O) groups excluding carboxylic acids is 3. The van der Waals surface area contributed by atoms with Gasteiger partial charge in [-0.2, -0.15) is 0 Å². The highest BCUT2D eigenvalue weighted by atomic mass is 32.2. The number of benzene rings is 2. The molecule has 0 aromatic heterocycles. The second kappa shape index (κ2) is 9.12. The van der Waals surface area contributed by atoms with Crippen LogP contribution in [0.15, 0.2) is 47.4 Å². The number of fused-ring (bicyclic) bond motifs is 1. The Morgan fingerprint density at radius 3 is 2.43 bits per heavy atom. The summed E-state index contributed by atoms with van der Waals surface area (Å²) in [5, 5.41) is 2.39. The number of esters is 1. The van der Waals surface area contributed by atoms with Crippen LogP contribution < -0.4 is 14.8 Å². The summed E-state index contributed by atoms with van der Waals surface area (Å²) >= 11 is 1.55. The highest BCUT2D eigenvalue weighted by Crippen LogP contribution is 2.42. The van der Waals surface area contributed by atoms with Gasteiger partial charge in [-0.1, -0.05) is 12.1 Å². The average molecular weight is 437 g/mol. The van der Waals surface area contributed by atoms with Crippen molar-refractivity contribution in [3.8, 4) is 11.5 Å². The summed E-state index contributed by atoms with van der Waals surface area (Å²) in [7, 11) is 0. The smallest absolute Gasteiger partial charge is 0.456 e. The fourth-order valence-corrected chi connectivity index (χ4v) is 2.99. The Balaban J connectivity index is 1.41. The van der Waals surface area contributed by atoms with Crippen LogP contribution in [0.2, 0.25) is 0 Å². The van der Waals surface area contributed by atoms with Crippen LogP contribution in [-0.4, -0.2) is 36.8 Å². The first kappa shape index (κ1) is 21.6. The Labute approximate surface area is 174 Å². The third-order valence-electron chi connectivity index (χ3n) is 4.02. The van der Waals surface area contributed by atoms with E-state index >= 15 is 0 Å². The maximum atomic E-state index is 13.0. The Bertz CT molecular complexity index is 964. The molecule has 0 aliphatic carbocycles. The maximum Gasteiger partial charge on any atom is 0.586 e. The van der Waals surface area contributed by atoms with E-state index in [1.165, 1.54) is 12.1 Å². The lowest BCUT2D eigenvalue weighted by Gasteiger charge is -2.07. The van der Waals surface area contributed by atoms with Gasteiger partial charge in [-0.25, -0.2) is 0 Å². The number of rotatable bonds is 8. The highest BCUT2D eigenvalue weighted by molar-refractivity contribution is 7.98. The third kappa shape index (κ3) is 5.69. The van der Waals surface area contributed by atoms with E-state index in [-0.39, 0.29) is 35.8 Å². The van der Waals surface area contributed by atoms with Crippen LogP contribution in [0.5, 0.6) is 11.5 Å². The van der Waals surface area contributed by atoms with Crippen molar-refractivity contribution in [2.24, 2.45) is 0 Å². The number of nitrogens with one attached hydrogen (secondary N) is 1. The summed E-state index contributed by atoms with van der Waals surface area (Å²) in [6.45, 7) is -0.583. The average Bonchev–Trinajstić information content (AvgIpc) is 3.03. The molecule has 1 heterocycles. The Kier molecular flexibility index (Phi) is 6.56. The summed E-state index contributed by atoms with van der Waals surface area (Å²) < 4.78 is 39.4. The number of hydrogen-bond donors (Lipinski definition) is 1. The van der Waals surface area contributed by atoms with E-state index < -0.39 is 24.8 Å². The van der Waals surface area contributed by atoms with E-state index in [1.807, 2.05) is 18.4 Å². The fourth-order valence-electron chi connectivity index (χ4n) is 2.58. The number of ether oxygens (including phenoxy) is 3. The normalized spacial score (nSPS) is 13.6. The lowest BCUT2D eigenvalue weighted by Crippen LogP contribution is -2.25. The zero-order chi connectivity index (χ0) is 21.7. The fraction of sp³-hybridized carbons (Fsp3) is 0.250. The molecule has 2 aromatic carbocycles. The van der Waals surface area contributed by atoms with Crippen LogP contribution in [0, 0.1) is 0 Å². The van der Waals surface area contributed by atoms with Gasteiger partial charge in [0.05, 0.1) is 6.42 Å². The van der Waals surface area contributed by atoms with Gasteiger partial charge in [0.25, 0.3) is 5.91 Å². The van der Waals surface area contributed by atoms with Gasteiger partial charge in [0.1, 0.15) is 0 Å². The summed E-state index contributed by atoms with van der Waals surface area (Å²) in [5.74, 6) is -1.96. The van der Waals surface area contributed by atoms with Crippen molar-refractivity contribution in [1.82, 2.24) is 0 Å². The first-order chi connectivity index (χ1) is 14.3. The SMILES string of the molecule is CSc1ccc(C(=O)CCC(=O)OCC(=O)Nc2ccc3c(c2)OC(F)(F)O3)cc1. The lowest BCUT2D eigenvalue weighted by molar-refractivity contribution is -0.286. The molecule has 0 atom stereocenters. The van der Waals surface area contributed by atoms with Crippen molar-refractivity contribution >= 4 is 35.1 Å². The molecule has 0 spiro atoms. The number of hydrogen-bond acceptors (Lipinski definition) is 7. The molecule has 1 aliphatic rings.